The van der Waals surface area contributed by atoms with Gasteiger partial charge in [0.25, 0.3) is 11.6 Å². The van der Waals surface area contributed by atoms with E-state index < -0.39 is 22.8 Å². The molecule has 0 unspecified atom stereocenters. The first-order valence-corrected chi connectivity index (χ1v) is 9.42. The molecule has 2 N–H and O–H groups in total. The first-order chi connectivity index (χ1) is 15.3. The van der Waals surface area contributed by atoms with Gasteiger partial charge in [-0.1, -0.05) is 18.2 Å². The number of nitro benzene ring substituents is 1. The lowest BCUT2D eigenvalue weighted by atomic mass is 10.2. The number of non-ortho nitro benzene ring substituents is 1. The van der Waals surface area contributed by atoms with Gasteiger partial charge in [-0.25, -0.2) is 9.59 Å². The Morgan fingerprint density at radius 2 is 1.84 bits per heavy atom. The van der Waals surface area contributed by atoms with Crippen molar-refractivity contribution in [2.24, 2.45) is 0 Å². The molecule has 1 fully saturated rings. The van der Waals surface area contributed by atoms with Crippen LogP contribution in [-0.2, 0) is 11.3 Å². The molecule has 32 heavy (non-hydrogen) atoms. The lowest BCUT2D eigenvalue weighted by Crippen LogP contribution is -2.30. The Labute approximate surface area is 181 Å². The highest BCUT2D eigenvalue weighted by atomic mass is 16.6. The van der Waals surface area contributed by atoms with Crippen LogP contribution < -0.4 is 5.32 Å². The zero-order valence-corrected chi connectivity index (χ0v) is 16.5. The zero-order valence-electron chi connectivity index (χ0n) is 16.5. The summed E-state index contributed by atoms with van der Waals surface area (Å²) >= 11 is 0. The van der Waals surface area contributed by atoms with Gasteiger partial charge in [-0.15, -0.1) is 0 Å². The van der Waals surface area contributed by atoms with Gasteiger partial charge in [0.1, 0.15) is 5.70 Å². The molecule has 0 radical (unpaired) electrons. The molecule has 1 aliphatic rings. The lowest BCUT2D eigenvalue weighted by Gasteiger charge is -2.11. The Kier molecular flexibility index (Phi) is 5.25. The second-order valence-corrected chi connectivity index (χ2v) is 6.96. The minimum Gasteiger partial charge on any atom is -0.478 e. The van der Waals surface area contributed by atoms with Crippen molar-refractivity contribution in [1.29, 1.82) is 0 Å². The molecule has 160 valence electrons. The molecule has 1 saturated heterocycles. The summed E-state index contributed by atoms with van der Waals surface area (Å²) in [5.74, 6) is -1.60. The fourth-order valence-corrected chi connectivity index (χ4v) is 3.30. The maximum absolute atomic E-state index is 12.8. The van der Waals surface area contributed by atoms with Crippen LogP contribution in [0.3, 0.4) is 0 Å². The minimum atomic E-state index is -1.06. The van der Waals surface area contributed by atoms with Crippen molar-refractivity contribution in [2.45, 2.75) is 6.54 Å². The Balaban J connectivity index is 1.58. The van der Waals surface area contributed by atoms with Gasteiger partial charge in [-0.3, -0.25) is 19.8 Å². The van der Waals surface area contributed by atoms with Crippen molar-refractivity contribution >= 4 is 29.7 Å². The number of hydrogen-bond donors (Lipinski definition) is 2. The molecule has 4 rings (SSSR count). The lowest BCUT2D eigenvalue weighted by molar-refractivity contribution is -0.384. The first kappa shape index (κ1) is 20.5. The van der Waals surface area contributed by atoms with Gasteiger partial charge in [0.05, 0.1) is 17.0 Å². The molecule has 1 aromatic heterocycles. The number of imide groups is 1. The van der Waals surface area contributed by atoms with Gasteiger partial charge in [-0.2, -0.15) is 0 Å². The van der Waals surface area contributed by atoms with Gasteiger partial charge in [0.15, 0.2) is 0 Å². The summed E-state index contributed by atoms with van der Waals surface area (Å²) < 4.78 is 1.69. The molecule has 0 aliphatic carbocycles. The summed E-state index contributed by atoms with van der Waals surface area (Å²) in [5, 5.41) is 22.5. The molecular weight excluding hydrogens is 416 g/mol. The Morgan fingerprint density at radius 3 is 2.53 bits per heavy atom. The molecule has 0 spiro atoms. The number of urea groups is 1. The van der Waals surface area contributed by atoms with Gasteiger partial charge in [0.2, 0.25) is 0 Å². The van der Waals surface area contributed by atoms with Crippen molar-refractivity contribution in [1.82, 2.24) is 14.8 Å². The highest BCUT2D eigenvalue weighted by Crippen LogP contribution is 2.21. The molecular formula is C22H16N4O6. The standard InChI is InChI=1S/C22H16N4O6/c27-20-19(23-22(30)25(20)13-14-6-8-16(9-7-14)26(31)32)12-18-5-2-10-24(18)17-4-1-3-15(11-17)21(28)29/h1-12H,13H2,(H,23,30)(H,28,29)/b19-12-. The van der Waals surface area contributed by atoms with Crippen LogP contribution in [0, 0.1) is 10.1 Å². The largest absolute Gasteiger partial charge is 0.478 e. The number of aromatic carboxylic acids is 1. The van der Waals surface area contributed by atoms with Crippen LogP contribution in [0.25, 0.3) is 11.8 Å². The van der Waals surface area contributed by atoms with Crippen molar-refractivity contribution in [3.05, 3.63) is 99.5 Å². The van der Waals surface area contributed by atoms with Crippen molar-refractivity contribution in [2.75, 3.05) is 0 Å². The Morgan fingerprint density at radius 1 is 1.09 bits per heavy atom. The average Bonchev–Trinajstić information content (AvgIpc) is 3.34. The van der Waals surface area contributed by atoms with E-state index in [0.717, 1.165) is 4.90 Å². The molecule has 3 aromatic rings. The van der Waals surface area contributed by atoms with E-state index in [1.807, 2.05) is 0 Å². The van der Waals surface area contributed by atoms with Crippen LogP contribution in [0.15, 0.2) is 72.6 Å². The number of carboxylic acids is 1. The quantitative estimate of drug-likeness (QED) is 0.266. The van der Waals surface area contributed by atoms with Gasteiger partial charge < -0.3 is 15.0 Å². The van der Waals surface area contributed by atoms with Crippen molar-refractivity contribution in [3.8, 4) is 5.69 Å². The minimum absolute atomic E-state index is 0.0400. The van der Waals surface area contributed by atoms with Crippen LogP contribution >= 0.6 is 0 Å². The number of amides is 3. The van der Waals surface area contributed by atoms with Crippen LogP contribution in [0.1, 0.15) is 21.6 Å². The molecule has 3 amide bonds. The predicted molar refractivity (Wildman–Crippen MR) is 113 cm³/mol. The number of nitrogens with zero attached hydrogens (tertiary/aromatic N) is 3. The number of aromatic nitrogens is 1. The van der Waals surface area contributed by atoms with Gasteiger partial charge >= 0.3 is 12.0 Å². The molecule has 0 bridgehead atoms. The third kappa shape index (κ3) is 3.97. The highest BCUT2D eigenvalue weighted by Gasteiger charge is 2.33. The molecule has 1 aliphatic heterocycles. The zero-order chi connectivity index (χ0) is 22.8. The van der Waals surface area contributed by atoms with Crippen LogP contribution in [0.5, 0.6) is 0 Å². The Hall–Kier alpha value is -4.73. The molecule has 2 heterocycles. The third-order valence-corrected chi connectivity index (χ3v) is 4.89. The van der Waals surface area contributed by atoms with E-state index in [0.29, 0.717) is 16.9 Å². The second-order valence-electron chi connectivity index (χ2n) is 6.96. The topological polar surface area (TPSA) is 135 Å². The van der Waals surface area contributed by atoms with E-state index in [-0.39, 0.29) is 23.5 Å². The summed E-state index contributed by atoms with van der Waals surface area (Å²) in [6, 6.07) is 14.8. The van der Waals surface area contributed by atoms with E-state index in [2.05, 4.69) is 5.32 Å². The number of benzene rings is 2. The highest BCUT2D eigenvalue weighted by molar-refractivity contribution is 6.13. The van der Waals surface area contributed by atoms with E-state index in [4.69, 9.17) is 0 Å². The maximum atomic E-state index is 12.8. The molecule has 10 nitrogen and oxygen atoms in total. The predicted octanol–water partition coefficient (Wildman–Crippen LogP) is 3.18. The number of carbonyl (C=O) groups is 3. The van der Waals surface area contributed by atoms with E-state index in [1.54, 1.807) is 35.0 Å². The molecule has 10 heteroatoms. The SMILES string of the molecule is O=C(O)c1cccc(-n2cccc2/C=C2\NC(=O)N(Cc3ccc([N+](=O)[O-])cc3)C2=O)c1. The van der Waals surface area contributed by atoms with Gasteiger partial charge in [0, 0.05) is 29.7 Å². The normalized spacial score (nSPS) is 14.6. The van der Waals surface area contributed by atoms with Crippen LogP contribution in [-0.4, -0.2) is 37.4 Å². The summed E-state index contributed by atoms with van der Waals surface area (Å²) in [5.41, 5.74) is 1.81. The number of rotatable bonds is 6. The summed E-state index contributed by atoms with van der Waals surface area (Å²) in [6.07, 6.45) is 3.22. The van der Waals surface area contributed by atoms with Gasteiger partial charge in [-0.05, 0) is 42.0 Å². The van der Waals surface area contributed by atoms with Crippen molar-refractivity contribution < 1.29 is 24.4 Å². The third-order valence-electron chi connectivity index (χ3n) is 4.89. The fourth-order valence-electron chi connectivity index (χ4n) is 3.30. The molecule has 0 atom stereocenters. The van der Waals surface area contributed by atoms with E-state index in [1.165, 1.54) is 42.5 Å². The maximum Gasteiger partial charge on any atom is 0.335 e. The van der Waals surface area contributed by atoms with Crippen LogP contribution in [0.2, 0.25) is 0 Å². The van der Waals surface area contributed by atoms with Crippen LogP contribution in [0.4, 0.5) is 10.5 Å². The second kappa shape index (κ2) is 8.19. The smallest absolute Gasteiger partial charge is 0.335 e. The summed E-state index contributed by atoms with van der Waals surface area (Å²) in [4.78, 5) is 47.6. The molecule has 2 aromatic carbocycles. The van der Waals surface area contributed by atoms with Crippen molar-refractivity contribution in [3.63, 3.8) is 0 Å². The fraction of sp³-hybridized carbons (Fsp3) is 0.0455. The van der Waals surface area contributed by atoms with E-state index >= 15 is 0 Å². The Bertz CT molecular complexity index is 1280. The number of nitrogens with one attached hydrogen (secondary N) is 1. The number of nitro groups is 1. The number of carboxylic acid groups (broad SMARTS) is 1. The summed E-state index contributed by atoms with van der Waals surface area (Å²) in [7, 11) is 0. The average molecular weight is 432 g/mol. The number of carbonyl (C=O) groups excluding carboxylic acids is 2. The van der Waals surface area contributed by atoms with E-state index in [9.17, 15) is 29.6 Å². The molecule has 0 saturated carbocycles. The number of hydrogen-bond acceptors (Lipinski definition) is 5. The first-order valence-electron chi connectivity index (χ1n) is 9.42. The summed E-state index contributed by atoms with van der Waals surface area (Å²) in [6.45, 7) is -0.0400. The monoisotopic (exact) mass is 432 g/mol.